The van der Waals surface area contributed by atoms with Gasteiger partial charge in [0.05, 0.1) is 0 Å². The first kappa shape index (κ1) is 18.6. The summed E-state index contributed by atoms with van der Waals surface area (Å²) in [5.41, 5.74) is -1.11. The predicted octanol–water partition coefficient (Wildman–Crippen LogP) is 3.27. The first-order chi connectivity index (χ1) is 10.6. The molecule has 0 aliphatic heterocycles. The molecule has 0 aromatic heterocycles. The van der Waals surface area contributed by atoms with E-state index in [0.29, 0.717) is 10.6 Å². The molecule has 23 heavy (non-hydrogen) atoms. The van der Waals surface area contributed by atoms with Gasteiger partial charge in [-0.05, 0) is 13.3 Å². The molecule has 4 nitrogen and oxygen atoms in total. The van der Waals surface area contributed by atoms with Crippen LogP contribution in [0.4, 0.5) is 22.0 Å². The van der Waals surface area contributed by atoms with Gasteiger partial charge in [0.2, 0.25) is 5.82 Å². The highest BCUT2D eigenvalue weighted by atomic mass is 19.2. The Labute approximate surface area is 128 Å². The van der Waals surface area contributed by atoms with Crippen molar-refractivity contribution in [3.8, 4) is 0 Å². The van der Waals surface area contributed by atoms with Gasteiger partial charge in [-0.3, -0.25) is 4.79 Å². The molecule has 1 aromatic carbocycles. The fraction of sp³-hybridized carbons (Fsp3) is 0.286. The number of hydrogen-bond acceptors (Lipinski definition) is 3. The quantitative estimate of drug-likeness (QED) is 0.279. The van der Waals surface area contributed by atoms with Crippen LogP contribution in [0.5, 0.6) is 0 Å². The third-order valence-electron chi connectivity index (χ3n) is 2.75. The zero-order valence-corrected chi connectivity index (χ0v) is 12.2. The van der Waals surface area contributed by atoms with Crippen molar-refractivity contribution >= 4 is 11.9 Å². The predicted molar refractivity (Wildman–Crippen MR) is 68.5 cm³/mol. The zero-order chi connectivity index (χ0) is 17.9. The lowest BCUT2D eigenvalue weighted by Gasteiger charge is -2.16. The highest BCUT2D eigenvalue weighted by Crippen LogP contribution is 2.23. The Kier molecular flexibility index (Phi) is 5.83. The minimum Gasteiger partial charge on any atom is -0.333 e. The number of benzene rings is 1. The molecule has 0 fully saturated rings. The number of amides is 1. The zero-order valence-electron chi connectivity index (χ0n) is 12.2. The molecular formula is C14H12F5NO3. The summed E-state index contributed by atoms with van der Waals surface area (Å²) in [6.07, 6.45) is 0.152. The molecule has 0 saturated carbocycles. The number of hydrogen-bond donors (Lipinski definition) is 0. The van der Waals surface area contributed by atoms with Crippen molar-refractivity contribution in [2.75, 3.05) is 7.05 Å². The summed E-state index contributed by atoms with van der Waals surface area (Å²) in [7, 11) is 0.963. The van der Waals surface area contributed by atoms with Crippen LogP contribution in [0.2, 0.25) is 0 Å². The number of hydroxylamine groups is 2. The smallest absolute Gasteiger partial charge is 0.333 e. The number of carbonyl (C=O) groups is 2. The van der Waals surface area contributed by atoms with Crippen molar-refractivity contribution in [2.45, 2.75) is 19.8 Å². The molecule has 126 valence electrons. The topological polar surface area (TPSA) is 46.6 Å². The van der Waals surface area contributed by atoms with Gasteiger partial charge in [0.25, 0.3) is 5.91 Å². The summed E-state index contributed by atoms with van der Waals surface area (Å²) >= 11 is 0. The summed E-state index contributed by atoms with van der Waals surface area (Å²) in [6.45, 7) is 5.20. The molecule has 9 heteroatoms. The van der Waals surface area contributed by atoms with Crippen LogP contribution in [0.1, 0.15) is 30.1 Å². The van der Waals surface area contributed by atoms with Gasteiger partial charge >= 0.3 is 5.97 Å². The van der Waals surface area contributed by atoms with Crippen molar-refractivity contribution in [2.24, 2.45) is 0 Å². The van der Waals surface area contributed by atoms with Crippen LogP contribution < -0.4 is 0 Å². The van der Waals surface area contributed by atoms with Gasteiger partial charge in [-0.25, -0.2) is 26.7 Å². The maximum atomic E-state index is 13.4. The second-order valence-electron chi connectivity index (χ2n) is 4.67. The average Bonchev–Trinajstić information content (AvgIpc) is 2.48. The Morgan fingerprint density at radius 2 is 1.39 bits per heavy atom. The summed E-state index contributed by atoms with van der Waals surface area (Å²) in [5.74, 6) is -14.3. The van der Waals surface area contributed by atoms with E-state index in [1.165, 1.54) is 0 Å². The summed E-state index contributed by atoms with van der Waals surface area (Å²) in [6, 6.07) is 0. The van der Waals surface area contributed by atoms with E-state index in [9.17, 15) is 31.5 Å². The monoisotopic (exact) mass is 337 g/mol. The SMILES string of the molecule is C=C(C)CCC(=O)N(C)OC(=O)c1c(F)c(F)c(F)c(F)c1F. The van der Waals surface area contributed by atoms with Crippen LogP contribution in [0.15, 0.2) is 12.2 Å². The van der Waals surface area contributed by atoms with Crippen molar-refractivity contribution in [3.05, 3.63) is 46.8 Å². The third-order valence-corrected chi connectivity index (χ3v) is 2.75. The fourth-order valence-electron chi connectivity index (χ4n) is 1.48. The molecule has 0 atom stereocenters. The van der Waals surface area contributed by atoms with Gasteiger partial charge in [-0.15, -0.1) is 6.58 Å². The molecular weight excluding hydrogens is 325 g/mol. The lowest BCUT2D eigenvalue weighted by Crippen LogP contribution is -2.31. The lowest BCUT2D eigenvalue weighted by atomic mass is 10.1. The standard InChI is InChI=1S/C14H12F5NO3/c1-6(2)4-5-7(21)20(3)23-14(22)8-9(15)11(17)13(19)12(18)10(8)16/h1,4-5H2,2-3H3. The maximum absolute atomic E-state index is 13.4. The van der Waals surface area contributed by atoms with Crippen LogP contribution in [0.3, 0.4) is 0 Å². The summed E-state index contributed by atoms with van der Waals surface area (Å²) < 4.78 is 65.7. The van der Waals surface area contributed by atoms with Gasteiger partial charge in [-0.1, -0.05) is 5.57 Å². The van der Waals surface area contributed by atoms with E-state index >= 15 is 0 Å². The minimum absolute atomic E-state index is 0.115. The molecule has 0 saturated heterocycles. The van der Waals surface area contributed by atoms with Gasteiger partial charge in [0.15, 0.2) is 23.3 Å². The first-order valence-corrected chi connectivity index (χ1v) is 6.22. The third kappa shape index (κ3) is 4.05. The van der Waals surface area contributed by atoms with E-state index in [0.717, 1.165) is 7.05 Å². The Morgan fingerprint density at radius 1 is 0.957 bits per heavy atom. The van der Waals surface area contributed by atoms with Gasteiger partial charge < -0.3 is 4.84 Å². The van der Waals surface area contributed by atoms with Crippen molar-refractivity contribution in [1.29, 1.82) is 0 Å². The second-order valence-corrected chi connectivity index (χ2v) is 4.67. The van der Waals surface area contributed by atoms with E-state index in [4.69, 9.17) is 0 Å². The summed E-state index contributed by atoms with van der Waals surface area (Å²) in [4.78, 5) is 27.5. The molecule has 0 radical (unpaired) electrons. The number of nitrogens with zero attached hydrogens (tertiary/aromatic N) is 1. The number of rotatable bonds is 4. The molecule has 0 N–H and O–H groups in total. The van der Waals surface area contributed by atoms with Crippen LogP contribution in [-0.2, 0) is 9.63 Å². The number of allylic oxidation sites excluding steroid dienone is 1. The Balaban J connectivity index is 2.99. The number of halogens is 5. The van der Waals surface area contributed by atoms with E-state index < -0.39 is 46.5 Å². The normalized spacial score (nSPS) is 10.4. The lowest BCUT2D eigenvalue weighted by molar-refractivity contribution is -0.161. The first-order valence-electron chi connectivity index (χ1n) is 6.22. The Morgan fingerprint density at radius 3 is 1.83 bits per heavy atom. The van der Waals surface area contributed by atoms with Crippen LogP contribution in [0.25, 0.3) is 0 Å². The molecule has 0 aliphatic carbocycles. The highest BCUT2D eigenvalue weighted by Gasteiger charge is 2.32. The molecule has 0 bridgehead atoms. The van der Waals surface area contributed by atoms with E-state index in [-0.39, 0.29) is 12.8 Å². The molecule has 1 aromatic rings. The van der Waals surface area contributed by atoms with E-state index in [1.807, 2.05) is 0 Å². The van der Waals surface area contributed by atoms with E-state index in [1.54, 1.807) is 6.92 Å². The van der Waals surface area contributed by atoms with Crippen molar-refractivity contribution in [3.63, 3.8) is 0 Å². The minimum atomic E-state index is -2.40. The molecule has 1 rings (SSSR count). The van der Waals surface area contributed by atoms with Crippen LogP contribution in [0, 0.1) is 29.1 Å². The molecule has 0 spiro atoms. The fourth-order valence-corrected chi connectivity index (χ4v) is 1.48. The average molecular weight is 337 g/mol. The number of carbonyl (C=O) groups excluding carboxylic acids is 2. The van der Waals surface area contributed by atoms with Crippen LogP contribution >= 0.6 is 0 Å². The van der Waals surface area contributed by atoms with Crippen molar-refractivity contribution < 1.29 is 36.4 Å². The van der Waals surface area contributed by atoms with Gasteiger partial charge in [0.1, 0.15) is 5.56 Å². The van der Waals surface area contributed by atoms with Gasteiger partial charge in [0, 0.05) is 13.5 Å². The maximum Gasteiger partial charge on any atom is 0.369 e. The van der Waals surface area contributed by atoms with Crippen molar-refractivity contribution in [1.82, 2.24) is 5.06 Å². The van der Waals surface area contributed by atoms with Crippen LogP contribution in [-0.4, -0.2) is 24.0 Å². The Hall–Kier alpha value is -2.45. The largest absolute Gasteiger partial charge is 0.369 e. The molecule has 0 heterocycles. The van der Waals surface area contributed by atoms with E-state index in [2.05, 4.69) is 11.4 Å². The molecule has 0 unspecified atom stereocenters. The summed E-state index contributed by atoms with van der Waals surface area (Å²) in [5, 5.41) is 0.351. The molecule has 1 amide bonds. The highest BCUT2D eigenvalue weighted by molar-refractivity contribution is 5.91. The Bertz CT molecular complexity index is 646. The second kappa shape index (κ2) is 7.21. The van der Waals surface area contributed by atoms with Gasteiger partial charge in [-0.2, -0.15) is 5.06 Å². The molecule has 0 aliphatic rings.